The summed E-state index contributed by atoms with van der Waals surface area (Å²) in [6, 6.07) is 73.1. The first-order valence-electron chi connectivity index (χ1n) is 18.6. The van der Waals surface area contributed by atoms with Gasteiger partial charge in [0.15, 0.2) is 0 Å². The molecule has 0 aliphatic carbocycles. The zero-order valence-electron chi connectivity index (χ0n) is 29.5. The highest BCUT2D eigenvalue weighted by atomic mass is 15.0. The van der Waals surface area contributed by atoms with Crippen molar-refractivity contribution in [1.82, 2.24) is 9.13 Å². The molecule has 2 heteroatoms. The third-order valence-electron chi connectivity index (χ3n) is 11.1. The molecule has 0 unspecified atom stereocenters. The first-order chi connectivity index (χ1) is 26.8. The van der Waals surface area contributed by atoms with Gasteiger partial charge >= 0.3 is 0 Å². The third-order valence-corrected chi connectivity index (χ3v) is 11.1. The summed E-state index contributed by atoms with van der Waals surface area (Å²) < 4.78 is 4.84. The molecule has 0 atom stereocenters. The summed E-state index contributed by atoms with van der Waals surface area (Å²) in [5.41, 5.74) is 11.9. The van der Waals surface area contributed by atoms with Crippen LogP contribution in [0.25, 0.3) is 99.0 Å². The second kappa shape index (κ2) is 12.2. The van der Waals surface area contributed by atoms with Gasteiger partial charge < -0.3 is 9.13 Å². The Kier molecular flexibility index (Phi) is 6.90. The number of benzene rings is 9. The van der Waals surface area contributed by atoms with Crippen molar-refractivity contribution < 1.29 is 0 Å². The van der Waals surface area contributed by atoms with Crippen LogP contribution in [0.3, 0.4) is 0 Å². The average Bonchev–Trinajstić information content (AvgIpc) is 3.82. The Morgan fingerprint density at radius 1 is 0.315 bits per heavy atom. The maximum absolute atomic E-state index is 2.46. The fraction of sp³-hybridized carbons (Fsp3) is 0. The molecule has 0 saturated carbocycles. The predicted octanol–water partition coefficient (Wildman–Crippen LogP) is 14.0. The highest BCUT2D eigenvalue weighted by Crippen LogP contribution is 2.40. The lowest BCUT2D eigenvalue weighted by Gasteiger charge is -2.15. The molecular formula is C52H34N2. The zero-order valence-corrected chi connectivity index (χ0v) is 29.5. The molecule has 11 aromatic rings. The van der Waals surface area contributed by atoms with E-state index in [1.165, 1.54) is 93.3 Å². The lowest BCUT2D eigenvalue weighted by Crippen LogP contribution is -1.97. The van der Waals surface area contributed by atoms with E-state index in [4.69, 9.17) is 0 Å². The number of hydrogen-bond donors (Lipinski definition) is 0. The summed E-state index contributed by atoms with van der Waals surface area (Å²) >= 11 is 0. The van der Waals surface area contributed by atoms with Crippen LogP contribution in [-0.4, -0.2) is 9.13 Å². The standard InChI is InChI=1S/C52H34N2/c1-2-13-38(14-3-1)48-34-53(49-23-11-19-37-16-7-9-21-45(37)49)51-32-41(27-29-47(48)51)40-24-25-42-33-52(46-22-10-18-36-15-6-8-20-44(36)46)54(50(42)31-40)43-28-26-35-12-4-5-17-39(35)30-43/h1-34H. The average molecular weight is 687 g/mol. The Morgan fingerprint density at radius 3 is 1.78 bits per heavy atom. The molecule has 2 aromatic heterocycles. The van der Waals surface area contributed by atoms with Gasteiger partial charge in [0.2, 0.25) is 0 Å². The van der Waals surface area contributed by atoms with Crippen LogP contribution in [0.1, 0.15) is 0 Å². The summed E-state index contributed by atoms with van der Waals surface area (Å²) in [7, 11) is 0. The van der Waals surface area contributed by atoms with E-state index in [0.717, 1.165) is 5.69 Å². The summed E-state index contributed by atoms with van der Waals surface area (Å²) in [6.07, 6.45) is 2.32. The summed E-state index contributed by atoms with van der Waals surface area (Å²) in [5.74, 6) is 0. The maximum atomic E-state index is 2.46. The van der Waals surface area contributed by atoms with E-state index in [1.54, 1.807) is 0 Å². The number of aromatic nitrogens is 2. The Balaban J connectivity index is 1.15. The van der Waals surface area contributed by atoms with Crippen molar-refractivity contribution in [1.29, 1.82) is 0 Å². The van der Waals surface area contributed by atoms with Crippen molar-refractivity contribution in [2.24, 2.45) is 0 Å². The van der Waals surface area contributed by atoms with Gasteiger partial charge in [0, 0.05) is 39.2 Å². The van der Waals surface area contributed by atoms with E-state index < -0.39 is 0 Å². The molecule has 0 aliphatic rings. The van der Waals surface area contributed by atoms with Crippen LogP contribution in [-0.2, 0) is 0 Å². The fourth-order valence-electron chi connectivity index (χ4n) is 8.49. The first-order valence-corrected chi connectivity index (χ1v) is 18.6. The number of hydrogen-bond acceptors (Lipinski definition) is 0. The molecule has 2 heterocycles. The minimum atomic E-state index is 1.15. The van der Waals surface area contributed by atoms with E-state index in [2.05, 4.69) is 216 Å². The van der Waals surface area contributed by atoms with E-state index in [-0.39, 0.29) is 0 Å². The van der Waals surface area contributed by atoms with Crippen molar-refractivity contribution in [2.75, 3.05) is 0 Å². The Hall–Kier alpha value is -7.16. The monoisotopic (exact) mass is 686 g/mol. The molecule has 252 valence electrons. The largest absolute Gasteiger partial charge is 0.315 e. The van der Waals surface area contributed by atoms with Crippen LogP contribution in [0.2, 0.25) is 0 Å². The summed E-state index contributed by atoms with van der Waals surface area (Å²) in [5, 5.41) is 9.86. The maximum Gasteiger partial charge on any atom is 0.0547 e. The molecule has 0 N–H and O–H groups in total. The third kappa shape index (κ3) is 4.88. The summed E-state index contributed by atoms with van der Waals surface area (Å²) in [4.78, 5) is 0. The van der Waals surface area contributed by atoms with Crippen LogP contribution in [0, 0.1) is 0 Å². The minimum absolute atomic E-state index is 1.15. The van der Waals surface area contributed by atoms with Gasteiger partial charge in [-0.3, -0.25) is 0 Å². The highest BCUT2D eigenvalue weighted by molar-refractivity contribution is 6.03. The van der Waals surface area contributed by atoms with E-state index in [1.807, 2.05) is 0 Å². The van der Waals surface area contributed by atoms with Crippen LogP contribution in [0.5, 0.6) is 0 Å². The Bertz CT molecular complexity index is 3210. The Labute approximate surface area is 313 Å². The van der Waals surface area contributed by atoms with Crippen molar-refractivity contribution in [3.8, 4) is 44.9 Å². The van der Waals surface area contributed by atoms with Crippen molar-refractivity contribution >= 4 is 54.1 Å². The van der Waals surface area contributed by atoms with Crippen molar-refractivity contribution in [2.45, 2.75) is 0 Å². The molecule has 2 nitrogen and oxygen atoms in total. The topological polar surface area (TPSA) is 9.86 Å². The molecule has 0 aliphatic heterocycles. The van der Waals surface area contributed by atoms with E-state index in [0.29, 0.717) is 0 Å². The lowest BCUT2D eigenvalue weighted by molar-refractivity contribution is 1.14. The van der Waals surface area contributed by atoms with E-state index in [9.17, 15) is 0 Å². The predicted molar refractivity (Wildman–Crippen MR) is 229 cm³/mol. The summed E-state index contributed by atoms with van der Waals surface area (Å²) in [6.45, 7) is 0. The molecule has 0 radical (unpaired) electrons. The first kappa shape index (κ1) is 30.5. The van der Waals surface area contributed by atoms with Gasteiger partial charge in [-0.2, -0.15) is 0 Å². The minimum Gasteiger partial charge on any atom is -0.315 e. The smallest absolute Gasteiger partial charge is 0.0547 e. The van der Waals surface area contributed by atoms with Gasteiger partial charge in [0.05, 0.1) is 22.4 Å². The fourth-order valence-corrected chi connectivity index (χ4v) is 8.49. The van der Waals surface area contributed by atoms with Crippen LogP contribution in [0.15, 0.2) is 206 Å². The molecule has 0 spiro atoms. The van der Waals surface area contributed by atoms with Crippen molar-refractivity contribution in [3.63, 3.8) is 0 Å². The van der Waals surface area contributed by atoms with Gasteiger partial charge in [-0.15, -0.1) is 0 Å². The highest BCUT2D eigenvalue weighted by Gasteiger charge is 2.18. The molecule has 0 saturated heterocycles. The number of fused-ring (bicyclic) bond motifs is 5. The van der Waals surface area contributed by atoms with Crippen LogP contribution in [0.4, 0.5) is 0 Å². The SMILES string of the molecule is c1ccc(-c2cn(-c3cccc4ccccc34)c3cc(-c4ccc5cc(-c6cccc7ccccc67)n(-c6ccc7ccccc7c6)c5c4)ccc23)cc1. The normalized spacial score (nSPS) is 11.7. The Morgan fingerprint density at radius 2 is 0.944 bits per heavy atom. The van der Waals surface area contributed by atoms with Crippen molar-refractivity contribution in [3.05, 3.63) is 206 Å². The molecule has 0 fully saturated rings. The lowest BCUT2D eigenvalue weighted by atomic mass is 10.00. The quantitative estimate of drug-likeness (QED) is 0.171. The number of nitrogens with zero attached hydrogens (tertiary/aromatic N) is 2. The van der Waals surface area contributed by atoms with Crippen LogP contribution >= 0.6 is 0 Å². The van der Waals surface area contributed by atoms with Gasteiger partial charge in [-0.1, -0.05) is 164 Å². The molecule has 54 heavy (non-hydrogen) atoms. The van der Waals surface area contributed by atoms with Gasteiger partial charge in [0.1, 0.15) is 0 Å². The number of rotatable bonds is 5. The molecule has 9 aromatic carbocycles. The van der Waals surface area contributed by atoms with Crippen LogP contribution < -0.4 is 0 Å². The van der Waals surface area contributed by atoms with E-state index >= 15 is 0 Å². The van der Waals surface area contributed by atoms with Gasteiger partial charge in [0.25, 0.3) is 0 Å². The molecule has 0 amide bonds. The second-order valence-electron chi connectivity index (χ2n) is 14.2. The second-order valence-corrected chi connectivity index (χ2v) is 14.2. The van der Waals surface area contributed by atoms with Gasteiger partial charge in [-0.25, -0.2) is 0 Å². The molecule has 0 bridgehead atoms. The molecule has 11 rings (SSSR count). The molecular weight excluding hydrogens is 653 g/mol. The zero-order chi connectivity index (χ0) is 35.6. The van der Waals surface area contributed by atoms with Gasteiger partial charge in [-0.05, 0) is 80.0 Å².